The van der Waals surface area contributed by atoms with Crippen LogP contribution in [0.5, 0.6) is 0 Å². The first-order chi connectivity index (χ1) is 6.70. The zero-order valence-electron chi connectivity index (χ0n) is 8.11. The fraction of sp³-hybridized carbons (Fsp3) is 0.800. The molecule has 0 aromatic carbocycles. The number of hydrogen-bond acceptors (Lipinski definition) is 3. The Kier molecular flexibility index (Phi) is 2.54. The van der Waals surface area contributed by atoms with Crippen LogP contribution in [0, 0.1) is 0 Å². The second-order valence-corrected chi connectivity index (χ2v) is 4.08. The van der Waals surface area contributed by atoms with Gasteiger partial charge in [0.1, 0.15) is 0 Å². The van der Waals surface area contributed by atoms with Crippen LogP contribution in [0.15, 0.2) is 0 Å². The first kappa shape index (κ1) is 9.65. The van der Waals surface area contributed by atoms with Crippen molar-refractivity contribution in [3.63, 3.8) is 0 Å². The minimum atomic E-state index is -0.505. The van der Waals surface area contributed by atoms with Crippen LogP contribution in [0.1, 0.15) is 38.5 Å². The van der Waals surface area contributed by atoms with E-state index in [1.165, 1.54) is 4.90 Å². The maximum absolute atomic E-state index is 11.4. The van der Waals surface area contributed by atoms with E-state index in [2.05, 4.69) is 0 Å². The molecule has 0 aromatic heterocycles. The van der Waals surface area contributed by atoms with Crippen molar-refractivity contribution in [3.05, 3.63) is 0 Å². The number of nitrogens with zero attached hydrogens (tertiary/aromatic N) is 1. The van der Waals surface area contributed by atoms with Crippen molar-refractivity contribution in [2.45, 2.75) is 50.7 Å². The Morgan fingerprint density at radius 1 is 1.07 bits per heavy atom. The molecule has 4 nitrogen and oxygen atoms in total. The van der Waals surface area contributed by atoms with Gasteiger partial charge in [-0.05, 0) is 12.8 Å². The molecule has 1 saturated heterocycles. The molecular weight excluding hydrogens is 182 g/mol. The number of carbonyl (C=O) groups excluding carboxylic acids is 2. The van der Waals surface area contributed by atoms with Crippen LogP contribution in [0.2, 0.25) is 0 Å². The molecule has 2 atom stereocenters. The molecule has 2 fully saturated rings. The first-order valence-electron chi connectivity index (χ1n) is 5.23. The van der Waals surface area contributed by atoms with E-state index >= 15 is 0 Å². The number of amides is 2. The van der Waals surface area contributed by atoms with E-state index in [1.807, 2.05) is 0 Å². The quantitative estimate of drug-likeness (QED) is 0.620. The van der Waals surface area contributed by atoms with Crippen molar-refractivity contribution in [1.29, 1.82) is 0 Å². The molecular formula is C10H15NO3. The zero-order valence-corrected chi connectivity index (χ0v) is 8.11. The molecule has 0 radical (unpaired) electrons. The summed E-state index contributed by atoms with van der Waals surface area (Å²) in [7, 11) is 0. The van der Waals surface area contributed by atoms with Crippen molar-refractivity contribution in [2.75, 3.05) is 0 Å². The number of aliphatic hydroxyl groups is 1. The van der Waals surface area contributed by atoms with Crippen LogP contribution in [-0.4, -0.2) is 34.0 Å². The van der Waals surface area contributed by atoms with Crippen molar-refractivity contribution >= 4 is 11.8 Å². The molecule has 2 amide bonds. The summed E-state index contributed by atoms with van der Waals surface area (Å²) in [4.78, 5) is 24.1. The highest BCUT2D eigenvalue weighted by molar-refractivity contribution is 6.02. The molecule has 0 aromatic rings. The molecule has 1 heterocycles. The molecule has 1 saturated carbocycles. The topological polar surface area (TPSA) is 57.6 Å². The standard InChI is InChI=1S/C10H15NO3/c12-8-4-2-1-3-7(8)11-9(13)5-6-10(11)14/h7-8,12H,1-6H2. The van der Waals surface area contributed by atoms with Gasteiger partial charge in [-0.2, -0.15) is 0 Å². The predicted molar refractivity (Wildman–Crippen MR) is 49.3 cm³/mol. The lowest BCUT2D eigenvalue weighted by atomic mass is 9.91. The minimum Gasteiger partial charge on any atom is -0.391 e. The molecule has 1 aliphatic heterocycles. The highest BCUT2D eigenvalue weighted by Crippen LogP contribution is 2.27. The summed E-state index contributed by atoms with van der Waals surface area (Å²) in [5.41, 5.74) is 0. The van der Waals surface area contributed by atoms with Gasteiger partial charge in [-0.15, -0.1) is 0 Å². The lowest BCUT2D eigenvalue weighted by Gasteiger charge is -2.33. The van der Waals surface area contributed by atoms with Gasteiger partial charge >= 0.3 is 0 Å². The Morgan fingerprint density at radius 3 is 2.21 bits per heavy atom. The smallest absolute Gasteiger partial charge is 0.230 e. The number of imide groups is 1. The van der Waals surface area contributed by atoms with Crippen LogP contribution >= 0.6 is 0 Å². The molecule has 0 bridgehead atoms. The third-order valence-electron chi connectivity index (χ3n) is 3.12. The Hall–Kier alpha value is -0.900. The highest BCUT2D eigenvalue weighted by Gasteiger charge is 2.39. The molecule has 2 rings (SSSR count). The summed E-state index contributed by atoms with van der Waals surface area (Å²) in [6.07, 6.45) is 3.60. The fourth-order valence-electron chi connectivity index (χ4n) is 2.36. The maximum atomic E-state index is 11.4. The lowest BCUT2D eigenvalue weighted by molar-refractivity contribution is -0.145. The van der Waals surface area contributed by atoms with Gasteiger partial charge in [0.25, 0.3) is 0 Å². The van der Waals surface area contributed by atoms with E-state index in [4.69, 9.17) is 0 Å². The monoisotopic (exact) mass is 197 g/mol. The van der Waals surface area contributed by atoms with E-state index in [-0.39, 0.29) is 17.9 Å². The van der Waals surface area contributed by atoms with Crippen LogP contribution in [-0.2, 0) is 9.59 Å². The van der Waals surface area contributed by atoms with Crippen LogP contribution < -0.4 is 0 Å². The third-order valence-corrected chi connectivity index (χ3v) is 3.12. The Bertz CT molecular complexity index is 248. The van der Waals surface area contributed by atoms with Crippen LogP contribution in [0.4, 0.5) is 0 Å². The zero-order chi connectivity index (χ0) is 10.1. The van der Waals surface area contributed by atoms with Gasteiger partial charge in [0.2, 0.25) is 11.8 Å². The van der Waals surface area contributed by atoms with Crippen molar-refractivity contribution in [2.24, 2.45) is 0 Å². The highest BCUT2D eigenvalue weighted by atomic mass is 16.3. The summed E-state index contributed by atoms with van der Waals surface area (Å²) in [5, 5.41) is 9.72. The summed E-state index contributed by atoms with van der Waals surface area (Å²) in [5.74, 6) is -0.220. The van der Waals surface area contributed by atoms with Gasteiger partial charge in [-0.1, -0.05) is 12.8 Å². The van der Waals surface area contributed by atoms with E-state index in [1.54, 1.807) is 0 Å². The van der Waals surface area contributed by atoms with Gasteiger partial charge in [0.15, 0.2) is 0 Å². The average molecular weight is 197 g/mol. The van der Waals surface area contributed by atoms with E-state index in [0.717, 1.165) is 19.3 Å². The second-order valence-electron chi connectivity index (χ2n) is 4.08. The molecule has 2 unspecified atom stereocenters. The lowest BCUT2D eigenvalue weighted by Crippen LogP contribution is -2.48. The van der Waals surface area contributed by atoms with Gasteiger partial charge in [0, 0.05) is 12.8 Å². The Morgan fingerprint density at radius 2 is 1.64 bits per heavy atom. The minimum absolute atomic E-state index is 0.110. The maximum Gasteiger partial charge on any atom is 0.230 e. The number of carbonyl (C=O) groups is 2. The molecule has 78 valence electrons. The number of likely N-dealkylation sites (tertiary alicyclic amines) is 1. The molecule has 2 aliphatic rings. The normalized spacial score (nSPS) is 33.9. The molecule has 0 spiro atoms. The van der Waals surface area contributed by atoms with Gasteiger partial charge in [0.05, 0.1) is 12.1 Å². The van der Waals surface area contributed by atoms with E-state index in [9.17, 15) is 14.7 Å². The molecule has 4 heteroatoms. The number of hydrogen-bond donors (Lipinski definition) is 1. The predicted octanol–water partition coefficient (Wildman–Crippen LogP) is 0.439. The summed E-state index contributed by atoms with van der Waals surface area (Å²) in [6.45, 7) is 0. The Labute approximate surface area is 82.9 Å². The van der Waals surface area contributed by atoms with Gasteiger partial charge < -0.3 is 5.11 Å². The van der Waals surface area contributed by atoms with Gasteiger partial charge in [-0.3, -0.25) is 14.5 Å². The summed E-state index contributed by atoms with van der Waals surface area (Å²) < 4.78 is 0. The van der Waals surface area contributed by atoms with Crippen molar-refractivity contribution in [1.82, 2.24) is 4.90 Å². The number of rotatable bonds is 1. The SMILES string of the molecule is O=C1CCC(=O)N1C1CCCCC1O. The van der Waals surface area contributed by atoms with Crippen LogP contribution in [0.25, 0.3) is 0 Å². The van der Waals surface area contributed by atoms with E-state index < -0.39 is 6.10 Å². The summed E-state index contributed by atoms with van der Waals surface area (Å²) in [6, 6.07) is -0.244. The molecule has 1 N–H and O–H groups in total. The van der Waals surface area contributed by atoms with E-state index in [0.29, 0.717) is 19.3 Å². The van der Waals surface area contributed by atoms with Crippen molar-refractivity contribution in [3.8, 4) is 0 Å². The number of aliphatic hydroxyl groups excluding tert-OH is 1. The average Bonchev–Trinajstić information content (AvgIpc) is 2.48. The second kappa shape index (κ2) is 3.69. The van der Waals surface area contributed by atoms with Gasteiger partial charge in [-0.25, -0.2) is 0 Å². The fourth-order valence-corrected chi connectivity index (χ4v) is 2.36. The third kappa shape index (κ3) is 1.54. The molecule has 1 aliphatic carbocycles. The largest absolute Gasteiger partial charge is 0.391 e. The van der Waals surface area contributed by atoms with Crippen molar-refractivity contribution < 1.29 is 14.7 Å². The van der Waals surface area contributed by atoms with Crippen LogP contribution in [0.3, 0.4) is 0 Å². The summed E-state index contributed by atoms with van der Waals surface area (Å²) >= 11 is 0. The first-order valence-corrected chi connectivity index (χ1v) is 5.23. The molecule has 14 heavy (non-hydrogen) atoms. The Balaban J connectivity index is 2.12.